The predicted molar refractivity (Wildman–Crippen MR) is 72.9 cm³/mol. The van der Waals surface area contributed by atoms with E-state index in [9.17, 15) is 4.79 Å². The smallest absolute Gasteiger partial charge is 0.330 e. The van der Waals surface area contributed by atoms with Crippen LogP contribution in [0.3, 0.4) is 0 Å². The van der Waals surface area contributed by atoms with Crippen molar-refractivity contribution in [1.82, 2.24) is 0 Å². The molecule has 0 radical (unpaired) electrons. The number of carbonyl (C=O) groups excluding carboxylic acids is 1. The molecule has 0 bridgehead atoms. The van der Waals surface area contributed by atoms with Crippen LogP contribution in [0.4, 0.5) is 0 Å². The molecule has 0 spiro atoms. The van der Waals surface area contributed by atoms with Gasteiger partial charge in [-0.05, 0) is 19.8 Å². The molecule has 0 fully saturated rings. The summed E-state index contributed by atoms with van der Waals surface area (Å²) in [7, 11) is 0. The van der Waals surface area contributed by atoms with E-state index in [-0.39, 0.29) is 5.97 Å². The molecule has 17 heavy (non-hydrogen) atoms. The first-order chi connectivity index (χ1) is 8.31. The van der Waals surface area contributed by atoms with Crippen molar-refractivity contribution in [2.45, 2.75) is 58.8 Å². The fraction of sp³-hybridized carbons (Fsp3) is 0.667. The van der Waals surface area contributed by atoms with Crippen LogP contribution in [-0.2, 0) is 9.53 Å². The van der Waals surface area contributed by atoms with E-state index in [1.807, 2.05) is 6.08 Å². The van der Waals surface area contributed by atoms with Crippen LogP contribution in [0, 0.1) is 0 Å². The Hall–Kier alpha value is -1.05. The molecule has 2 nitrogen and oxygen atoms in total. The van der Waals surface area contributed by atoms with E-state index in [0.717, 1.165) is 6.42 Å². The van der Waals surface area contributed by atoms with Gasteiger partial charge >= 0.3 is 5.97 Å². The van der Waals surface area contributed by atoms with Gasteiger partial charge in [-0.3, -0.25) is 0 Å². The van der Waals surface area contributed by atoms with Crippen LogP contribution in [0.1, 0.15) is 58.8 Å². The van der Waals surface area contributed by atoms with Crippen LogP contribution in [-0.4, -0.2) is 12.6 Å². The van der Waals surface area contributed by atoms with Crippen molar-refractivity contribution >= 4 is 5.97 Å². The van der Waals surface area contributed by atoms with Crippen molar-refractivity contribution in [3.63, 3.8) is 0 Å². The van der Waals surface area contributed by atoms with Gasteiger partial charge in [0, 0.05) is 6.08 Å². The van der Waals surface area contributed by atoms with Gasteiger partial charge in [0.25, 0.3) is 0 Å². The number of ether oxygens (including phenoxy) is 1. The molecule has 0 N–H and O–H groups in total. The lowest BCUT2D eigenvalue weighted by Crippen LogP contribution is -1.98. The number of allylic oxidation sites excluding steroid dienone is 3. The molecule has 0 unspecified atom stereocenters. The van der Waals surface area contributed by atoms with Gasteiger partial charge in [-0.15, -0.1) is 0 Å². The number of hydrogen-bond donors (Lipinski definition) is 0. The highest BCUT2D eigenvalue weighted by atomic mass is 16.5. The number of carbonyl (C=O) groups is 1. The van der Waals surface area contributed by atoms with E-state index in [2.05, 4.69) is 13.0 Å². The summed E-state index contributed by atoms with van der Waals surface area (Å²) in [5, 5.41) is 0. The minimum atomic E-state index is -0.267. The summed E-state index contributed by atoms with van der Waals surface area (Å²) in [4.78, 5) is 10.9. The van der Waals surface area contributed by atoms with Crippen molar-refractivity contribution in [3.05, 3.63) is 24.3 Å². The highest BCUT2D eigenvalue weighted by Gasteiger charge is 1.90. The molecule has 0 aliphatic heterocycles. The first-order valence-corrected chi connectivity index (χ1v) is 6.81. The van der Waals surface area contributed by atoms with Gasteiger partial charge in [-0.1, -0.05) is 57.3 Å². The Labute approximate surface area is 106 Å². The highest BCUT2D eigenvalue weighted by Crippen LogP contribution is 2.07. The molecule has 0 saturated heterocycles. The third-order valence-electron chi connectivity index (χ3n) is 2.49. The Kier molecular flexibility index (Phi) is 12.2. The molecule has 2 heteroatoms. The van der Waals surface area contributed by atoms with Crippen LogP contribution in [0.15, 0.2) is 24.3 Å². The molecule has 0 aliphatic rings. The van der Waals surface area contributed by atoms with Gasteiger partial charge in [-0.2, -0.15) is 0 Å². The summed E-state index contributed by atoms with van der Waals surface area (Å²) >= 11 is 0. The zero-order valence-corrected chi connectivity index (χ0v) is 11.3. The van der Waals surface area contributed by atoms with Crippen LogP contribution < -0.4 is 0 Å². The molecule has 0 rings (SSSR count). The van der Waals surface area contributed by atoms with Gasteiger partial charge in [0.2, 0.25) is 0 Å². The van der Waals surface area contributed by atoms with E-state index in [4.69, 9.17) is 4.74 Å². The summed E-state index contributed by atoms with van der Waals surface area (Å²) in [6.45, 7) is 4.48. The summed E-state index contributed by atoms with van der Waals surface area (Å²) in [5.74, 6) is -0.267. The molecule has 0 heterocycles. The second kappa shape index (κ2) is 13.0. The number of rotatable bonds is 10. The number of unbranched alkanes of at least 4 members (excludes halogenated alkanes) is 6. The Morgan fingerprint density at radius 3 is 2.41 bits per heavy atom. The average Bonchev–Trinajstić information content (AvgIpc) is 2.32. The standard InChI is InChI=1S/C15H26O2/c1-3-5-6-7-8-9-10-11-12-13-14-15(16)17-4-2/h11-14H,3-10H2,1-2H3/b12-11+,14-13+. The van der Waals surface area contributed by atoms with Crippen molar-refractivity contribution in [3.8, 4) is 0 Å². The molecular weight excluding hydrogens is 212 g/mol. The van der Waals surface area contributed by atoms with E-state index < -0.39 is 0 Å². The Balaban J connectivity index is 3.33. The number of esters is 1. The third-order valence-corrected chi connectivity index (χ3v) is 2.49. The second-order valence-electron chi connectivity index (χ2n) is 4.10. The first kappa shape index (κ1) is 16.0. The summed E-state index contributed by atoms with van der Waals surface area (Å²) < 4.78 is 4.76. The largest absolute Gasteiger partial charge is 0.463 e. The van der Waals surface area contributed by atoms with Crippen molar-refractivity contribution in [2.24, 2.45) is 0 Å². The lowest BCUT2D eigenvalue weighted by atomic mass is 10.1. The predicted octanol–water partition coefficient (Wildman–Crippen LogP) is 4.41. The van der Waals surface area contributed by atoms with Crippen LogP contribution in [0.25, 0.3) is 0 Å². The molecule has 0 aliphatic carbocycles. The first-order valence-electron chi connectivity index (χ1n) is 6.81. The normalized spacial score (nSPS) is 11.4. The Morgan fingerprint density at radius 2 is 1.71 bits per heavy atom. The summed E-state index contributed by atoms with van der Waals surface area (Å²) in [6.07, 6.45) is 16.3. The summed E-state index contributed by atoms with van der Waals surface area (Å²) in [6, 6.07) is 0. The van der Waals surface area contributed by atoms with E-state index >= 15 is 0 Å². The lowest BCUT2D eigenvalue weighted by Gasteiger charge is -1.97. The molecule has 0 saturated carbocycles. The van der Waals surface area contributed by atoms with Crippen LogP contribution >= 0.6 is 0 Å². The zero-order valence-electron chi connectivity index (χ0n) is 11.3. The van der Waals surface area contributed by atoms with Crippen molar-refractivity contribution < 1.29 is 9.53 Å². The van der Waals surface area contributed by atoms with Gasteiger partial charge in [0.05, 0.1) is 6.61 Å². The zero-order chi connectivity index (χ0) is 12.8. The molecule has 0 amide bonds. The summed E-state index contributed by atoms with van der Waals surface area (Å²) in [5.41, 5.74) is 0. The molecule has 98 valence electrons. The van der Waals surface area contributed by atoms with Crippen LogP contribution in [0.5, 0.6) is 0 Å². The van der Waals surface area contributed by atoms with Crippen molar-refractivity contribution in [1.29, 1.82) is 0 Å². The van der Waals surface area contributed by atoms with E-state index in [1.165, 1.54) is 44.6 Å². The number of hydrogen-bond acceptors (Lipinski definition) is 2. The SMILES string of the molecule is CCCCCCCC/C=C/C=C/C(=O)OCC. The molecule has 0 atom stereocenters. The molecule has 0 aromatic rings. The fourth-order valence-electron chi connectivity index (χ4n) is 1.54. The Bertz CT molecular complexity index is 229. The maximum atomic E-state index is 10.9. The fourth-order valence-corrected chi connectivity index (χ4v) is 1.54. The molecule has 0 aromatic heterocycles. The minimum absolute atomic E-state index is 0.267. The average molecular weight is 238 g/mol. The molecular formula is C15H26O2. The maximum Gasteiger partial charge on any atom is 0.330 e. The van der Waals surface area contributed by atoms with Gasteiger partial charge < -0.3 is 4.74 Å². The topological polar surface area (TPSA) is 26.3 Å². The highest BCUT2D eigenvalue weighted by molar-refractivity contribution is 5.82. The quantitative estimate of drug-likeness (QED) is 0.244. The lowest BCUT2D eigenvalue weighted by molar-refractivity contribution is -0.137. The molecule has 0 aromatic carbocycles. The minimum Gasteiger partial charge on any atom is -0.463 e. The van der Waals surface area contributed by atoms with Crippen LogP contribution in [0.2, 0.25) is 0 Å². The second-order valence-corrected chi connectivity index (χ2v) is 4.10. The van der Waals surface area contributed by atoms with E-state index in [1.54, 1.807) is 13.0 Å². The van der Waals surface area contributed by atoms with Gasteiger partial charge in [0.15, 0.2) is 0 Å². The van der Waals surface area contributed by atoms with E-state index in [0.29, 0.717) is 6.61 Å². The Morgan fingerprint density at radius 1 is 1.00 bits per heavy atom. The third kappa shape index (κ3) is 12.9. The van der Waals surface area contributed by atoms with Gasteiger partial charge in [0.1, 0.15) is 0 Å². The van der Waals surface area contributed by atoms with Crippen molar-refractivity contribution in [2.75, 3.05) is 6.61 Å². The van der Waals surface area contributed by atoms with Gasteiger partial charge in [-0.25, -0.2) is 4.79 Å². The monoisotopic (exact) mass is 238 g/mol. The maximum absolute atomic E-state index is 10.9.